The number of aromatic nitrogens is 8. The summed E-state index contributed by atoms with van der Waals surface area (Å²) >= 11 is 33.4. The van der Waals surface area contributed by atoms with Gasteiger partial charge in [0.1, 0.15) is 53.7 Å². The topological polar surface area (TPSA) is 277 Å². The van der Waals surface area contributed by atoms with Gasteiger partial charge in [0.25, 0.3) is 0 Å². The van der Waals surface area contributed by atoms with E-state index in [1.54, 1.807) is 79.9 Å². The van der Waals surface area contributed by atoms with Crippen molar-refractivity contribution in [2.75, 3.05) is 221 Å². The quantitative estimate of drug-likeness (QED) is 0.0344. The molecule has 6 aliphatic rings. The van der Waals surface area contributed by atoms with Crippen LogP contribution in [-0.2, 0) is 13.7 Å². The zero-order valence-corrected chi connectivity index (χ0v) is 82.9. The number of pyridine rings is 2. The molecule has 0 unspecified atom stereocenters. The molecule has 0 radical (unpaired) electrons. The minimum atomic E-state index is -2.73. The number of likely N-dealkylation sites (tertiary alicyclic amines) is 2. The first-order chi connectivity index (χ1) is 62.7. The minimum absolute atomic E-state index is 0.304. The highest BCUT2D eigenvalue weighted by Crippen LogP contribution is 2.50. The van der Waals surface area contributed by atoms with E-state index in [9.17, 15) is 13.7 Å². The Morgan fingerprint density at radius 1 is 0.374 bits per heavy atom. The van der Waals surface area contributed by atoms with E-state index in [0.29, 0.717) is 145 Å². The third kappa shape index (κ3) is 21.6. The number of hydrogen-bond acceptors (Lipinski definition) is 27. The van der Waals surface area contributed by atoms with Crippen LogP contribution >= 0.6 is 79.4 Å². The summed E-state index contributed by atoms with van der Waals surface area (Å²) in [7, 11) is 3.46. The zero-order chi connectivity index (χ0) is 92.4. The summed E-state index contributed by atoms with van der Waals surface area (Å²) in [5.41, 5.74) is 10.6. The number of anilines is 15. The van der Waals surface area contributed by atoms with Gasteiger partial charge in [-0.25, -0.2) is 15.0 Å². The fraction of sp³-hybridized carbons (Fsp3) is 0.396. The second-order valence-corrected chi connectivity index (χ2v) is 48.1. The summed E-state index contributed by atoms with van der Waals surface area (Å²) in [4.78, 5) is 53.3. The molecule has 18 rings (SSSR count). The number of aryl methyl sites for hydroxylation is 1. The Labute approximate surface area is 792 Å². The largest absolute Gasteiger partial charge is 0.494 e. The number of benzene rings is 7. The number of likely N-dealkylation sites (N-methyl/N-ethyl adjacent to an activating group) is 1. The van der Waals surface area contributed by atoms with Gasteiger partial charge in [-0.1, -0.05) is 113 Å². The van der Waals surface area contributed by atoms with Crippen molar-refractivity contribution in [3.8, 4) is 17.2 Å². The van der Waals surface area contributed by atoms with Gasteiger partial charge in [-0.3, -0.25) is 14.9 Å². The Bertz CT molecular complexity index is 6360. The molecule has 12 aromatic rings. The number of piperidine rings is 4. The van der Waals surface area contributed by atoms with Gasteiger partial charge in [-0.05, 0) is 208 Å². The second-order valence-electron chi connectivity index (χ2n) is 36.6. The van der Waals surface area contributed by atoms with E-state index in [4.69, 9.17) is 72.2 Å². The number of nitrogens with zero attached hydrogens (tertiary/aromatic N) is 15. The summed E-state index contributed by atoms with van der Waals surface area (Å²) in [6, 6.07) is 39.6. The average molecular weight is 1930 g/mol. The number of halogens is 5. The van der Waals surface area contributed by atoms with Crippen molar-refractivity contribution >= 4 is 214 Å². The van der Waals surface area contributed by atoms with Gasteiger partial charge in [-0.2, -0.15) is 15.0 Å². The molecule has 0 aliphatic carbocycles. The molecule has 7 aromatic carbocycles. The second kappa shape index (κ2) is 39.9. The molecule has 131 heavy (non-hydrogen) atoms. The molecule has 35 heteroatoms. The molecular weight excluding hydrogens is 1810 g/mol. The van der Waals surface area contributed by atoms with Crippen LogP contribution in [-0.4, -0.2) is 240 Å². The van der Waals surface area contributed by atoms with E-state index in [-0.39, 0.29) is 0 Å². The number of hydrogen-bond donors (Lipinski definition) is 6. The van der Waals surface area contributed by atoms with E-state index in [1.807, 2.05) is 109 Å². The molecule has 0 saturated carbocycles. The fourth-order valence-electron chi connectivity index (χ4n) is 19.3. The van der Waals surface area contributed by atoms with Crippen LogP contribution in [0.5, 0.6) is 17.2 Å². The lowest BCUT2D eigenvalue weighted by molar-refractivity contribution is 0.00130. The summed E-state index contributed by atoms with van der Waals surface area (Å²) in [5.74, 6) is 4.13. The van der Waals surface area contributed by atoms with Crippen molar-refractivity contribution < 1.29 is 27.9 Å². The Balaban J connectivity index is 0.000000144. The summed E-state index contributed by atoms with van der Waals surface area (Å²) in [5, 5.41) is 27.8. The molecule has 11 heterocycles. The molecule has 6 saturated heterocycles. The first-order valence-corrected chi connectivity index (χ1v) is 54.0. The van der Waals surface area contributed by atoms with Gasteiger partial charge in [0, 0.05) is 137 Å². The zero-order valence-electron chi connectivity index (χ0n) is 76.5. The van der Waals surface area contributed by atoms with Gasteiger partial charge >= 0.3 is 0 Å². The van der Waals surface area contributed by atoms with Crippen molar-refractivity contribution in [1.29, 1.82) is 0 Å². The average Bonchev–Trinajstić information content (AvgIpc) is 0.780. The van der Waals surface area contributed by atoms with Crippen LogP contribution in [0.3, 0.4) is 0 Å². The molecule has 0 atom stereocenters. The van der Waals surface area contributed by atoms with Crippen LogP contribution < -0.4 is 76.7 Å². The molecule has 27 nitrogen and oxygen atoms in total. The Morgan fingerprint density at radius 2 is 0.748 bits per heavy atom. The first-order valence-electron chi connectivity index (χ1n) is 44.3. The molecule has 0 bridgehead atoms. The van der Waals surface area contributed by atoms with Crippen molar-refractivity contribution in [1.82, 2.24) is 59.5 Å². The molecule has 690 valence electrons. The summed E-state index contributed by atoms with van der Waals surface area (Å²) < 4.78 is 57.5. The molecule has 6 aliphatic heterocycles. The highest BCUT2D eigenvalue weighted by Gasteiger charge is 2.44. The van der Waals surface area contributed by atoms with Gasteiger partial charge in [0.2, 0.25) is 17.8 Å². The van der Waals surface area contributed by atoms with Crippen LogP contribution in [0.2, 0.25) is 25.1 Å². The highest BCUT2D eigenvalue weighted by molar-refractivity contribution is 7.71. The number of nitrogens with one attached hydrogen (secondary N) is 6. The van der Waals surface area contributed by atoms with Crippen LogP contribution in [0.15, 0.2) is 152 Å². The van der Waals surface area contributed by atoms with Crippen molar-refractivity contribution in [2.24, 2.45) is 10.8 Å². The lowest BCUT2D eigenvalue weighted by atomic mass is 9.71. The maximum atomic E-state index is 13.4. The van der Waals surface area contributed by atoms with E-state index < -0.39 is 21.4 Å². The lowest BCUT2D eigenvalue weighted by Crippen LogP contribution is -2.58. The molecule has 0 amide bonds. The molecular formula is C96H115Cl5N21O6P3. The van der Waals surface area contributed by atoms with Gasteiger partial charge in [-0.15, -0.1) is 0 Å². The summed E-state index contributed by atoms with van der Waals surface area (Å²) in [6.07, 6.45) is 17.6. The standard InChI is InChI=1S/C33H40Cl2N7O2P.C32H38Cl2N7O2P.C31H37ClN7O2P/c1-40-15-17-41(18-16-40)23-11-13-42(14-12-23)29-20-30(44-2)28(19-25(29)34)38-33-36-21-26(35)32(39-33)37-27-10-9-22-7-5-6-8-24(22)31(27)45(3,4)43;1-40-14-9-32(10-15-40)11-16-41(17-12-32)26-19-27(43-2)25(18-22(26)33)38-31-36-20-23(34)30(39-31)37-24-8-7-21-6-5-13-35-28(21)29(24)44(3,4)42;1-20-15-24(26(41-3)16-25(20)39-13-10-31(11-14-39)18-38(2)19-31)36-30-34-17-22(32)29(37-30)35-23-9-8-21-7-6-12-33-27(21)28(23)42(4,5)40/h5-10,19-21,23H,11-18H2,1-4H3,(H2,36,37,38,39);5-8,13,18-20H,9-12,14-17H2,1-4H3,(H2,36,37,38,39);6-9,12,15-17H,10-11,13-14,18-19H2,1-5H3,(H2,34,35,36,37). The third-order valence-corrected chi connectivity index (χ3v) is 32.3. The predicted molar refractivity (Wildman–Crippen MR) is 546 cm³/mol. The van der Waals surface area contributed by atoms with Gasteiger partial charge in [0.05, 0.1) is 117 Å². The minimum Gasteiger partial charge on any atom is -0.494 e. The van der Waals surface area contributed by atoms with Gasteiger partial charge < -0.3 is 89.2 Å². The van der Waals surface area contributed by atoms with Crippen LogP contribution in [0.1, 0.15) is 56.9 Å². The van der Waals surface area contributed by atoms with Crippen LogP contribution in [0, 0.1) is 17.8 Å². The fourth-order valence-corrected chi connectivity index (χ4v) is 24.6. The van der Waals surface area contributed by atoms with Crippen molar-refractivity contribution in [3.63, 3.8) is 0 Å². The van der Waals surface area contributed by atoms with Crippen LogP contribution in [0.25, 0.3) is 32.6 Å². The van der Waals surface area contributed by atoms with Gasteiger partial charge in [0.15, 0.2) is 17.5 Å². The van der Waals surface area contributed by atoms with Crippen molar-refractivity contribution in [3.05, 3.63) is 183 Å². The van der Waals surface area contributed by atoms with E-state index >= 15 is 0 Å². The SMILES string of the molecule is COc1cc(N2CCC(N3CCN(C)CC3)CC2)c(Cl)cc1Nc1ncc(Cl)c(Nc2ccc3ccccc3c2P(C)(C)=O)n1.COc1cc(N2CCC3(CC2)CN(C)C3)c(C)cc1Nc1ncc(Cl)c(Nc2ccc3cccnc3c2P(C)(C)=O)n1.COc1cc(N2CCC3(CCN(C)CC3)CC2)c(Cl)cc1Nc1ncc(Cl)c(Nc2ccc3cccnc3c2P(C)(C)=O)n1. The first kappa shape index (κ1) is 94.6. The van der Waals surface area contributed by atoms with E-state index in [0.717, 1.165) is 128 Å². The van der Waals surface area contributed by atoms with E-state index in [1.165, 1.54) is 82.8 Å². The van der Waals surface area contributed by atoms with Crippen molar-refractivity contribution in [2.45, 2.75) is 64.3 Å². The number of methoxy groups -OCH3 is 3. The predicted octanol–water partition coefficient (Wildman–Crippen LogP) is 20.5. The molecule has 5 aromatic heterocycles. The number of ether oxygens (including phenoxy) is 3. The normalized spacial score (nSPS) is 17.0. The molecule has 6 fully saturated rings. The number of piperazine rings is 1. The number of rotatable bonds is 22. The maximum absolute atomic E-state index is 13.4. The maximum Gasteiger partial charge on any atom is 0.229 e. The Morgan fingerprint density at radius 3 is 1.18 bits per heavy atom. The Hall–Kier alpha value is -9.56. The van der Waals surface area contributed by atoms with Crippen LogP contribution in [0.4, 0.5) is 86.5 Å². The smallest absolute Gasteiger partial charge is 0.229 e. The lowest BCUT2D eigenvalue weighted by Gasteiger charge is -2.53. The molecule has 6 N–H and O–H groups in total. The number of fused-ring (bicyclic) bond motifs is 3. The monoisotopic (exact) mass is 1930 g/mol. The Kier molecular flexibility index (Phi) is 28.8. The summed E-state index contributed by atoms with van der Waals surface area (Å²) in [6.45, 7) is 27.9. The third-order valence-electron chi connectivity index (χ3n) is 26.2. The highest BCUT2D eigenvalue weighted by atomic mass is 35.5. The molecule has 2 spiro atoms. The van der Waals surface area contributed by atoms with E-state index in [2.05, 4.69) is 146 Å².